The third-order valence-corrected chi connectivity index (χ3v) is 1.76. The number of ketones is 1. The molecule has 0 amide bonds. The fourth-order valence-corrected chi connectivity index (χ4v) is 1.09. The molecule has 0 saturated heterocycles. The summed E-state index contributed by atoms with van der Waals surface area (Å²) in [4.78, 5) is 26.5. The molecule has 1 aromatic heterocycles. The van der Waals surface area contributed by atoms with Crippen molar-refractivity contribution in [3.8, 4) is 0 Å². The van der Waals surface area contributed by atoms with Crippen molar-refractivity contribution in [3.63, 3.8) is 0 Å². The van der Waals surface area contributed by atoms with Gasteiger partial charge in [-0.3, -0.25) is 9.42 Å². The minimum absolute atomic E-state index is 0.00762. The number of rotatable bonds is 1. The molecule has 1 aromatic rings. The van der Waals surface area contributed by atoms with Crippen LogP contribution in [0.15, 0.2) is 15.9 Å². The summed E-state index contributed by atoms with van der Waals surface area (Å²) < 4.78 is 4.24. The number of carbonyl (C=O) groups excluding carboxylic acids is 2. The number of hydrogen-bond acceptors (Lipinski definition) is 7. The Balaban J connectivity index is 2.35. The van der Waals surface area contributed by atoms with Gasteiger partial charge in [0.1, 0.15) is 0 Å². The Labute approximate surface area is 88.3 Å². The Morgan fingerprint density at radius 1 is 1.62 bits per heavy atom. The van der Waals surface area contributed by atoms with Crippen molar-refractivity contribution in [2.24, 2.45) is 5.16 Å². The van der Waals surface area contributed by atoms with Gasteiger partial charge in [0.25, 0.3) is 11.5 Å². The van der Waals surface area contributed by atoms with Gasteiger partial charge in [-0.15, -0.1) is 0 Å². The molecule has 0 unspecified atom stereocenters. The molecule has 0 spiro atoms. The zero-order valence-electron chi connectivity index (χ0n) is 8.04. The monoisotopic (exact) mass is 223 g/mol. The molecule has 2 rings (SSSR count). The second-order valence-corrected chi connectivity index (χ2v) is 2.89. The molecule has 1 aliphatic rings. The predicted octanol–water partition coefficient (Wildman–Crippen LogP) is -0.563. The van der Waals surface area contributed by atoms with E-state index in [0.29, 0.717) is 0 Å². The highest BCUT2D eigenvalue weighted by Gasteiger charge is 2.31. The lowest BCUT2D eigenvalue weighted by molar-refractivity contribution is -0.803. The molecule has 0 aliphatic heterocycles. The van der Waals surface area contributed by atoms with Crippen LogP contribution in [0.4, 0.5) is 0 Å². The Bertz CT molecular complexity index is 528. The van der Waals surface area contributed by atoms with Crippen LogP contribution in [0.2, 0.25) is 0 Å². The first-order valence-corrected chi connectivity index (χ1v) is 4.17. The summed E-state index contributed by atoms with van der Waals surface area (Å²) in [6.45, 7) is 1.15. The van der Waals surface area contributed by atoms with Crippen LogP contribution in [0.3, 0.4) is 0 Å². The highest BCUT2D eigenvalue weighted by Crippen LogP contribution is 2.12. The van der Waals surface area contributed by atoms with Gasteiger partial charge < -0.3 is 10.0 Å². The molecule has 0 aromatic carbocycles. The summed E-state index contributed by atoms with van der Waals surface area (Å²) in [5.41, 5.74) is -0.299. The molecule has 8 nitrogen and oxygen atoms in total. The molecule has 0 fully saturated rings. The maximum absolute atomic E-state index is 11.6. The molecular weight excluding hydrogens is 218 g/mol. The van der Waals surface area contributed by atoms with E-state index in [0.717, 1.165) is 6.92 Å². The molecule has 0 saturated carbocycles. The molecule has 0 bridgehead atoms. The maximum Gasteiger partial charge on any atom is 0.332 e. The van der Waals surface area contributed by atoms with Crippen LogP contribution in [-0.2, 0) is 9.63 Å². The number of Topliss-reactive ketones (excluding diaryl/α,β-unsaturated/α-hetero) is 1. The number of hydrogen-bond donors (Lipinski definition) is 0. The summed E-state index contributed by atoms with van der Waals surface area (Å²) in [6.07, 6.45) is 2.53. The van der Waals surface area contributed by atoms with Gasteiger partial charge in [-0.25, -0.2) is 4.79 Å². The second-order valence-electron chi connectivity index (χ2n) is 2.89. The minimum Gasteiger partial charge on any atom is -0.359 e. The zero-order chi connectivity index (χ0) is 11.7. The second kappa shape index (κ2) is 3.57. The number of oxime groups is 1. The summed E-state index contributed by atoms with van der Waals surface area (Å²) in [7, 11) is 0. The Kier molecular flexibility index (Phi) is 2.24. The fourth-order valence-electron chi connectivity index (χ4n) is 1.09. The zero-order valence-corrected chi connectivity index (χ0v) is 8.04. The molecule has 8 heteroatoms. The van der Waals surface area contributed by atoms with E-state index < -0.39 is 11.8 Å². The van der Waals surface area contributed by atoms with Gasteiger partial charge in [-0.05, 0) is 17.1 Å². The highest BCUT2D eigenvalue weighted by atomic mass is 16.8. The highest BCUT2D eigenvalue weighted by molar-refractivity contribution is 6.51. The lowest BCUT2D eigenvalue weighted by Crippen LogP contribution is -2.29. The van der Waals surface area contributed by atoms with Crippen molar-refractivity contribution < 1.29 is 24.0 Å². The average molecular weight is 223 g/mol. The van der Waals surface area contributed by atoms with E-state index in [2.05, 4.69) is 19.8 Å². The van der Waals surface area contributed by atoms with Crippen LogP contribution >= 0.6 is 0 Å². The van der Waals surface area contributed by atoms with E-state index in [1.165, 1.54) is 12.2 Å². The first kappa shape index (κ1) is 10.0. The predicted molar refractivity (Wildman–Crippen MR) is 48.0 cm³/mol. The largest absolute Gasteiger partial charge is 0.359 e. The first-order valence-electron chi connectivity index (χ1n) is 4.17. The van der Waals surface area contributed by atoms with Gasteiger partial charge in [0.15, 0.2) is 5.71 Å². The van der Waals surface area contributed by atoms with Gasteiger partial charge in [0, 0.05) is 6.92 Å². The van der Waals surface area contributed by atoms with Crippen molar-refractivity contribution in [3.05, 3.63) is 22.7 Å². The summed E-state index contributed by atoms with van der Waals surface area (Å²) in [5, 5.41) is 17.5. The number of fused-ring (bicyclic) bond motifs is 1. The van der Waals surface area contributed by atoms with E-state index >= 15 is 0 Å². The first-order chi connectivity index (χ1) is 7.59. The number of aromatic nitrogens is 2. The van der Waals surface area contributed by atoms with Gasteiger partial charge in [0.2, 0.25) is 5.69 Å². The molecule has 0 radical (unpaired) electrons. The number of allylic oxidation sites excluding steroid dienone is 1. The standard InChI is InChI=1S/C8H5N3O5/c1-4(12)15-9-5-2-3-6-7(8(5)13)10-16-11(6)14/h2-3H,1H3/b9-5+. The Hall–Kier alpha value is -2.51. The third kappa shape index (κ3) is 1.56. The molecule has 0 atom stereocenters. The smallest absolute Gasteiger partial charge is 0.332 e. The van der Waals surface area contributed by atoms with E-state index in [-0.39, 0.29) is 22.0 Å². The van der Waals surface area contributed by atoms with Crippen LogP contribution in [0.25, 0.3) is 6.08 Å². The average Bonchev–Trinajstić information content (AvgIpc) is 2.60. The van der Waals surface area contributed by atoms with Crippen LogP contribution in [-0.4, -0.2) is 22.6 Å². The van der Waals surface area contributed by atoms with E-state index in [1.807, 2.05) is 0 Å². The number of nitrogens with zero attached hydrogens (tertiary/aromatic N) is 3. The van der Waals surface area contributed by atoms with Crippen LogP contribution < -0.4 is 4.90 Å². The third-order valence-electron chi connectivity index (χ3n) is 1.76. The van der Waals surface area contributed by atoms with E-state index in [1.54, 1.807) is 0 Å². The van der Waals surface area contributed by atoms with Gasteiger partial charge in [-0.1, -0.05) is 5.16 Å². The quantitative estimate of drug-likeness (QED) is 0.358. The molecule has 16 heavy (non-hydrogen) atoms. The topological polar surface area (TPSA) is 109 Å². The molecular formula is C8H5N3O5. The van der Waals surface area contributed by atoms with Crippen molar-refractivity contribution in [1.29, 1.82) is 0 Å². The van der Waals surface area contributed by atoms with Crippen LogP contribution in [0, 0.1) is 5.21 Å². The van der Waals surface area contributed by atoms with Crippen molar-refractivity contribution in [1.82, 2.24) is 5.16 Å². The summed E-state index contributed by atoms with van der Waals surface area (Å²) in [5.74, 6) is -1.30. The van der Waals surface area contributed by atoms with Crippen molar-refractivity contribution in [2.75, 3.05) is 0 Å². The molecule has 82 valence electrons. The number of carbonyl (C=O) groups is 2. The van der Waals surface area contributed by atoms with Crippen LogP contribution in [0.1, 0.15) is 23.1 Å². The normalized spacial score (nSPS) is 16.3. The maximum atomic E-state index is 11.6. The summed E-state index contributed by atoms with van der Waals surface area (Å²) in [6, 6.07) is 0. The lowest BCUT2D eigenvalue weighted by Gasteiger charge is -1.99. The molecule has 1 heterocycles. The fraction of sp³-hybridized carbons (Fsp3) is 0.125. The van der Waals surface area contributed by atoms with Crippen molar-refractivity contribution in [2.45, 2.75) is 6.92 Å². The van der Waals surface area contributed by atoms with Gasteiger partial charge >= 0.3 is 5.97 Å². The minimum atomic E-state index is -0.654. The summed E-state index contributed by atoms with van der Waals surface area (Å²) >= 11 is 0. The van der Waals surface area contributed by atoms with Gasteiger partial charge in [0.05, 0.1) is 5.16 Å². The van der Waals surface area contributed by atoms with Gasteiger partial charge in [-0.2, -0.15) is 0 Å². The van der Waals surface area contributed by atoms with Crippen LogP contribution in [0.5, 0.6) is 0 Å². The van der Waals surface area contributed by atoms with E-state index in [9.17, 15) is 14.8 Å². The van der Waals surface area contributed by atoms with Crippen molar-refractivity contribution >= 4 is 23.5 Å². The molecule has 0 N–H and O–H groups in total. The Morgan fingerprint density at radius 3 is 3.06 bits per heavy atom. The lowest BCUT2D eigenvalue weighted by atomic mass is 10.1. The Morgan fingerprint density at radius 2 is 2.38 bits per heavy atom. The SMILES string of the molecule is CC(=O)O/N=C1\C=Cc2c(no[n+]2[O-])C1=O. The molecule has 1 aliphatic carbocycles. The van der Waals surface area contributed by atoms with E-state index in [4.69, 9.17) is 0 Å².